The van der Waals surface area contributed by atoms with Crippen LogP contribution in [-0.4, -0.2) is 16.7 Å². The second kappa shape index (κ2) is 6.63. The summed E-state index contributed by atoms with van der Waals surface area (Å²) in [6.07, 6.45) is 3.57. The van der Waals surface area contributed by atoms with Crippen LogP contribution in [0.25, 0.3) is 23.1 Å². The van der Waals surface area contributed by atoms with Crippen LogP contribution in [0, 0.1) is 0 Å². The number of amides is 1. The van der Waals surface area contributed by atoms with E-state index in [0.29, 0.717) is 16.1 Å². The molecule has 120 valence electrons. The number of carbonyl (C=O) groups excluding carboxylic acids is 2. The van der Waals surface area contributed by atoms with Crippen LogP contribution < -0.4 is 5.73 Å². The number of nitrogens with two attached hydrogens (primary N) is 1. The topological polar surface area (TPSA) is 76.0 Å². The van der Waals surface area contributed by atoms with Crippen molar-refractivity contribution in [3.63, 3.8) is 0 Å². The number of rotatable bonds is 4. The van der Waals surface area contributed by atoms with Crippen LogP contribution in [0.15, 0.2) is 46.9 Å². The largest absolute Gasteiger partial charge is 0.363 e. The van der Waals surface area contributed by atoms with E-state index in [1.807, 2.05) is 24.3 Å². The van der Waals surface area contributed by atoms with E-state index in [-0.39, 0.29) is 5.56 Å². The maximum Gasteiger partial charge on any atom is 0.289 e. The van der Waals surface area contributed by atoms with Gasteiger partial charge < -0.3 is 10.7 Å². The first-order valence-corrected chi connectivity index (χ1v) is 8.22. The summed E-state index contributed by atoms with van der Waals surface area (Å²) in [5.41, 5.74) is 7.65. The number of hydrogen-bond acceptors (Lipinski definition) is 2. The number of primary amides is 1. The highest BCUT2D eigenvalue weighted by atomic mass is 79.9. The van der Waals surface area contributed by atoms with Gasteiger partial charge >= 0.3 is 0 Å². The Kier molecular flexibility index (Phi) is 4.55. The van der Waals surface area contributed by atoms with Gasteiger partial charge in [0.05, 0.1) is 11.3 Å². The lowest BCUT2D eigenvalue weighted by atomic mass is 10.0. The summed E-state index contributed by atoms with van der Waals surface area (Å²) in [6, 6.07) is 12.7. The number of ketones is 1. The van der Waals surface area contributed by atoms with Gasteiger partial charge in [0.15, 0.2) is 0 Å². The summed E-state index contributed by atoms with van der Waals surface area (Å²) in [6.45, 7) is 0. The fraction of sp³-hybridized carbons (Fsp3) is 0. The predicted molar refractivity (Wildman–Crippen MR) is 99.9 cm³/mol. The molecule has 0 aliphatic rings. The lowest BCUT2D eigenvalue weighted by Crippen LogP contribution is -2.23. The molecule has 0 fully saturated rings. The Bertz CT molecular complexity index is 975. The Morgan fingerprint density at radius 2 is 1.79 bits per heavy atom. The zero-order valence-corrected chi connectivity index (χ0v) is 14.7. The molecule has 0 aliphatic heterocycles. The second-order valence-corrected chi connectivity index (χ2v) is 6.53. The van der Waals surface area contributed by atoms with Crippen molar-refractivity contribution in [3.8, 4) is 0 Å². The molecule has 2 aromatic carbocycles. The highest BCUT2D eigenvalue weighted by Gasteiger charge is 2.21. The molecule has 0 saturated heterocycles. The van der Waals surface area contributed by atoms with E-state index >= 15 is 0 Å². The number of hydrogen-bond donors (Lipinski definition) is 2. The van der Waals surface area contributed by atoms with E-state index in [9.17, 15) is 9.59 Å². The Morgan fingerprint density at radius 3 is 2.46 bits per heavy atom. The molecule has 0 bridgehead atoms. The molecule has 0 aliphatic carbocycles. The van der Waals surface area contributed by atoms with Crippen molar-refractivity contribution < 1.29 is 9.59 Å². The van der Waals surface area contributed by atoms with Crippen LogP contribution in [0.1, 0.15) is 21.6 Å². The summed E-state index contributed by atoms with van der Waals surface area (Å²) in [4.78, 5) is 26.8. The zero-order chi connectivity index (χ0) is 17.3. The van der Waals surface area contributed by atoms with Gasteiger partial charge in [-0.1, -0.05) is 51.8 Å². The van der Waals surface area contributed by atoms with E-state index in [0.717, 1.165) is 15.6 Å². The molecule has 4 nitrogen and oxygen atoms in total. The van der Waals surface area contributed by atoms with Crippen LogP contribution in [0.4, 0.5) is 0 Å². The average molecular weight is 404 g/mol. The Hall–Kier alpha value is -2.37. The molecule has 3 N–H and O–H groups in total. The minimum Gasteiger partial charge on any atom is -0.363 e. The zero-order valence-electron chi connectivity index (χ0n) is 12.3. The smallest absolute Gasteiger partial charge is 0.289 e. The molecule has 1 aromatic heterocycles. The maximum absolute atomic E-state index is 12.2. The van der Waals surface area contributed by atoms with E-state index < -0.39 is 11.7 Å². The summed E-state index contributed by atoms with van der Waals surface area (Å²) < 4.78 is 0.863. The van der Waals surface area contributed by atoms with E-state index in [1.54, 1.807) is 30.3 Å². The van der Waals surface area contributed by atoms with Gasteiger partial charge in [0.1, 0.15) is 0 Å². The summed E-state index contributed by atoms with van der Waals surface area (Å²) >= 11 is 9.26. The molecule has 3 aromatic rings. The summed E-state index contributed by atoms with van der Waals surface area (Å²) in [7, 11) is 0. The third-order valence-corrected chi connectivity index (χ3v) is 4.30. The second-order valence-electron chi connectivity index (χ2n) is 5.18. The molecule has 3 rings (SSSR count). The fourth-order valence-electron chi connectivity index (χ4n) is 2.44. The molecule has 0 radical (unpaired) electrons. The number of Topliss-reactive ketones (excluding diaryl/α,β-unsaturated/α-hetero) is 1. The van der Waals surface area contributed by atoms with Crippen molar-refractivity contribution in [1.82, 2.24) is 4.98 Å². The normalized spacial score (nSPS) is 11.2. The quantitative estimate of drug-likeness (QED) is 0.500. The number of aromatic nitrogens is 1. The van der Waals surface area contributed by atoms with E-state index in [1.165, 1.54) is 0 Å². The molecule has 6 heteroatoms. The van der Waals surface area contributed by atoms with Crippen LogP contribution >= 0.6 is 27.5 Å². The van der Waals surface area contributed by atoms with Gasteiger partial charge in [-0.15, -0.1) is 0 Å². The molecule has 0 unspecified atom stereocenters. The van der Waals surface area contributed by atoms with Crippen LogP contribution in [-0.2, 0) is 4.79 Å². The van der Waals surface area contributed by atoms with Gasteiger partial charge in [-0.25, -0.2) is 0 Å². The van der Waals surface area contributed by atoms with Crippen LogP contribution in [0.2, 0.25) is 5.02 Å². The standard InChI is InChI=1S/C18H12BrClN2O2/c19-11-4-7-13-15(9-11)22-14(16(13)17(23)18(21)24)8-3-10-1-5-12(20)6-2-10/h1-9,22H,(H2,21,24)/b8-3+. The first-order valence-electron chi connectivity index (χ1n) is 7.04. The molecule has 0 atom stereocenters. The number of H-pyrrole nitrogens is 1. The Morgan fingerprint density at radius 1 is 1.08 bits per heavy atom. The summed E-state index contributed by atoms with van der Waals surface area (Å²) in [5.74, 6) is -1.71. The lowest BCUT2D eigenvalue weighted by molar-refractivity contribution is -0.114. The minimum atomic E-state index is -0.986. The third kappa shape index (κ3) is 3.27. The van der Waals surface area contributed by atoms with E-state index in [4.69, 9.17) is 17.3 Å². The molecular formula is C18H12BrClN2O2. The number of carbonyl (C=O) groups is 2. The van der Waals surface area contributed by atoms with Gasteiger partial charge in [0.25, 0.3) is 11.7 Å². The van der Waals surface area contributed by atoms with Crippen LogP contribution in [0.3, 0.4) is 0 Å². The van der Waals surface area contributed by atoms with Crippen LogP contribution in [0.5, 0.6) is 0 Å². The van der Waals surface area contributed by atoms with Crippen molar-refractivity contribution >= 4 is 62.3 Å². The van der Waals surface area contributed by atoms with Crippen molar-refractivity contribution in [3.05, 3.63) is 68.8 Å². The first-order chi connectivity index (χ1) is 11.5. The molecular weight excluding hydrogens is 392 g/mol. The molecule has 24 heavy (non-hydrogen) atoms. The fourth-order valence-corrected chi connectivity index (χ4v) is 2.92. The van der Waals surface area contributed by atoms with Gasteiger partial charge in [-0.2, -0.15) is 0 Å². The first kappa shape index (κ1) is 16.5. The minimum absolute atomic E-state index is 0.273. The van der Waals surface area contributed by atoms with Crippen molar-refractivity contribution in [2.24, 2.45) is 5.73 Å². The van der Waals surface area contributed by atoms with Crippen molar-refractivity contribution in [2.45, 2.75) is 0 Å². The number of halogens is 2. The maximum atomic E-state index is 12.2. The van der Waals surface area contributed by atoms with Gasteiger partial charge in [0.2, 0.25) is 0 Å². The predicted octanol–water partition coefficient (Wildman–Crippen LogP) is 4.42. The van der Waals surface area contributed by atoms with Crippen molar-refractivity contribution in [2.75, 3.05) is 0 Å². The van der Waals surface area contributed by atoms with Gasteiger partial charge in [-0.3, -0.25) is 9.59 Å². The highest BCUT2D eigenvalue weighted by Crippen LogP contribution is 2.27. The van der Waals surface area contributed by atoms with E-state index in [2.05, 4.69) is 20.9 Å². The number of aromatic amines is 1. The van der Waals surface area contributed by atoms with Crippen molar-refractivity contribution in [1.29, 1.82) is 0 Å². The van der Waals surface area contributed by atoms with Gasteiger partial charge in [0, 0.05) is 20.4 Å². The average Bonchev–Trinajstić information content (AvgIpc) is 2.90. The number of nitrogens with one attached hydrogen (secondary N) is 1. The Balaban J connectivity index is 2.12. The highest BCUT2D eigenvalue weighted by molar-refractivity contribution is 9.10. The molecule has 0 saturated carbocycles. The molecule has 1 amide bonds. The third-order valence-electron chi connectivity index (χ3n) is 3.55. The number of fused-ring (bicyclic) bond motifs is 1. The SMILES string of the molecule is NC(=O)C(=O)c1c(/C=C/c2ccc(Cl)cc2)[nH]c2cc(Br)ccc12. The molecule has 0 spiro atoms. The lowest BCUT2D eigenvalue weighted by Gasteiger charge is -1.98. The monoisotopic (exact) mass is 402 g/mol. The van der Waals surface area contributed by atoms with Gasteiger partial charge in [-0.05, 0) is 35.9 Å². The summed E-state index contributed by atoms with van der Waals surface area (Å²) in [5, 5.41) is 1.30. The molecule has 1 heterocycles. The Labute approximate surface area is 151 Å². The number of benzene rings is 2.